The fourth-order valence-corrected chi connectivity index (χ4v) is 3.53. The number of amides is 1. The number of anilines is 2. The van der Waals surface area contributed by atoms with Crippen LogP contribution in [0.5, 0.6) is 0 Å². The van der Waals surface area contributed by atoms with Gasteiger partial charge >= 0.3 is 0 Å². The second kappa shape index (κ2) is 7.92. The van der Waals surface area contributed by atoms with E-state index < -0.39 is 0 Å². The van der Waals surface area contributed by atoms with Crippen molar-refractivity contribution >= 4 is 23.1 Å². The van der Waals surface area contributed by atoms with Crippen LogP contribution < -0.4 is 10.2 Å². The predicted octanol–water partition coefficient (Wildman–Crippen LogP) is 2.88. The van der Waals surface area contributed by atoms with Crippen LogP contribution in [0.4, 0.5) is 11.5 Å². The minimum atomic E-state index is -0.297. The third kappa shape index (κ3) is 3.48. The lowest BCUT2D eigenvalue weighted by atomic mass is 10.1. The predicted molar refractivity (Wildman–Crippen MR) is 114 cm³/mol. The molecule has 1 aliphatic rings. The summed E-state index contributed by atoms with van der Waals surface area (Å²) >= 11 is 0. The van der Waals surface area contributed by atoms with Gasteiger partial charge in [0.25, 0.3) is 5.91 Å². The van der Waals surface area contributed by atoms with Crippen molar-refractivity contribution in [2.75, 3.05) is 36.5 Å². The van der Waals surface area contributed by atoms with Crippen molar-refractivity contribution in [2.45, 2.75) is 0 Å². The maximum atomic E-state index is 12.9. The van der Waals surface area contributed by atoms with Gasteiger partial charge in [-0.3, -0.25) is 4.79 Å². The topological polar surface area (TPSA) is 84.7 Å². The number of nitrogens with zero attached hydrogens (tertiary/aromatic N) is 5. The Kier molecular flexibility index (Phi) is 4.82. The Bertz CT molecular complexity index is 1170. The minimum absolute atomic E-state index is 0.297. The molecule has 0 atom stereocenters. The van der Waals surface area contributed by atoms with E-state index in [1.807, 2.05) is 42.5 Å². The van der Waals surface area contributed by atoms with Crippen LogP contribution >= 0.6 is 0 Å². The lowest BCUT2D eigenvalue weighted by Gasteiger charge is -2.28. The number of hydrogen-bond acceptors (Lipinski definition) is 6. The molecule has 0 radical (unpaired) electrons. The molecule has 30 heavy (non-hydrogen) atoms. The number of rotatable bonds is 4. The van der Waals surface area contributed by atoms with Crippen molar-refractivity contribution in [3.05, 3.63) is 72.7 Å². The molecule has 3 aromatic heterocycles. The number of carbonyl (C=O) groups is 1. The smallest absolute Gasteiger partial charge is 0.262 e. The highest BCUT2D eigenvalue weighted by Gasteiger charge is 2.17. The molecule has 0 spiro atoms. The van der Waals surface area contributed by atoms with E-state index >= 15 is 0 Å². The Hall–Kier alpha value is -3.78. The maximum absolute atomic E-state index is 12.9. The summed E-state index contributed by atoms with van der Waals surface area (Å²) in [6, 6.07) is 15.5. The molecule has 4 heterocycles. The van der Waals surface area contributed by atoms with Crippen molar-refractivity contribution in [3.63, 3.8) is 0 Å². The number of ether oxygens (including phenoxy) is 1. The number of morpholine rings is 1. The molecule has 5 rings (SSSR count). The molecule has 0 unspecified atom stereocenters. The van der Waals surface area contributed by atoms with Gasteiger partial charge in [-0.1, -0.05) is 30.3 Å². The Morgan fingerprint density at radius 3 is 2.57 bits per heavy atom. The third-order valence-electron chi connectivity index (χ3n) is 5.08. The largest absolute Gasteiger partial charge is 0.378 e. The fourth-order valence-electron chi connectivity index (χ4n) is 3.53. The molecular formula is C22H20N6O2. The monoisotopic (exact) mass is 400 g/mol. The van der Waals surface area contributed by atoms with Crippen LogP contribution in [0, 0.1) is 0 Å². The first-order valence-corrected chi connectivity index (χ1v) is 9.78. The van der Waals surface area contributed by atoms with Crippen LogP contribution in [0.1, 0.15) is 10.4 Å². The second-order valence-electron chi connectivity index (χ2n) is 6.94. The standard InChI is InChI=1S/C22H20N6O2/c29-22(26-20-7-6-17(14-24-20)27-10-12-30-13-11-27)18-15-25-28-19(8-9-23-21(18)28)16-4-2-1-3-5-16/h1-9,14-15H,10-13H2,(H,24,26,29). The van der Waals surface area contributed by atoms with Crippen molar-refractivity contribution < 1.29 is 9.53 Å². The number of benzene rings is 1. The van der Waals surface area contributed by atoms with Gasteiger partial charge in [-0.15, -0.1) is 0 Å². The van der Waals surface area contributed by atoms with Crippen LogP contribution in [0.25, 0.3) is 16.9 Å². The molecule has 0 bridgehead atoms. The zero-order valence-corrected chi connectivity index (χ0v) is 16.2. The average molecular weight is 400 g/mol. The summed E-state index contributed by atoms with van der Waals surface area (Å²) in [6.07, 6.45) is 4.99. The highest BCUT2D eigenvalue weighted by Crippen LogP contribution is 2.21. The molecule has 8 heteroatoms. The Morgan fingerprint density at radius 1 is 0.967 bits per heavy atom. The first-order chi connectivity index (χ1) is 14.8. The summed E-state index contributed by atoms with van der Waals surface area (Å²) in [5.74, 6) is 0.185. The molecule has 0 saturated carbocycles. The van der Waals surface area contributed by atoms with Gasteiger partial charge < -0.3 is 15.0 Å². The van der Waals surface area contributed by atoms with E-state index in [-0.39, 0.29) is 5.91 Å². The van der Waals surface area contributed by atoms with Crippen molar-refractivity contribution in [2.24, 2.45) is 0 Å². The number of pyridine rings is 1. The van der Waals surface area contributed by atoms with E-state index in [2.05, 4.69) is 25.3 Å². The van der Waals surface area contributed by atoms with Crippen molar-refractivity contribution in [3.8, 4) is 11.3 Å². The van der Waals surface area contributed by atoms with Gasteiger partial charge in [-0.05, 0) is 18.2 Å². The Morgan fingerprint density at radius 2 is 1.80 bits per heavy atom. The van der Waals surface area contributed by atoms with Gasteiger partial charge in [-0.2, -0.15) is 5.10 Å². The zero-order chi connectivity index (χ0) is 20.3. The normalized spacial score (nSPS) is 14.1. The maximum Gasteiger partial charge on any atom is 0.262 e. The molecule has 1 aromatic carbocycles. The molecule has 1 aliphatic heterocycles. The zero-order valence-electron chi connectivity index (χ0n) is 16.2. The summed E-state index contributed by atoms with van der Waals surface area (Å²) in [5.41, 5.74) is 3.78. The summed E-state index contributed by atoms with van der Waals surface area (Å²) < 4.78 is 7.06. The van der Waals surface area contributed by atoms with Gasteiger partial charge in [0.15, 0.2) is 5.65 Å². The van der Waals surface area contributed by atoms with E-state index in [1.165, 1.54) is 6.20 Å². The van der Waals surface area contributed by atoms with E-state index in [0.29, 0.717) is 30.2 Å². The fraction of sp³-hybridized carbons (Fsp3) is 0.182. The van der Waals surface area contributed by atoms with Crippen LogP contribution in [0.3, 0.4) is 0 Å². The van der Waals surface area contributed by atoms with Gasteiger partial charge in [-0.25, -0.2) is 14.5 Å². The molecule has 150 valence electrons. The van der Waals surface area contributed by atoms with E-state index in [9.17, 15) is 4.79 Å². The number of hydrogen-bond donors (Lipinski definition) is 1. The molecular weight excluding hydrogens is 380 g/mol. The van der Waals surface area contributed by atoms with E-state index in [0.717, 1.165) is 30.0 Å². The second-order valence-corrected chi connectivity index (χ2v) is 6.94. The molecule has 1 N–H and O–H groups in total. The number of aromatic nitrogens is 4. The number of carbonyl (C=O) groups excluding carboxylic acids is 1. The lowest BCUT2D eigenvalue weighted by molar-refractivity contribution is 0.102. The molecule has 1 saturated heterocycles. The highest BCUT2D eigenvalue weighted by molar-refractivity contribution is 6.07. The summed E-state index contributed by atoms with van der Waals surface area (Å²) in [4.78, 5) is 23.8. The molecule has 0 aliphatic carbocycles. The summed E-state index contributed by atoms with van der Waals surface area (Å²) in [6.45, 7) is 3.10. The first kappa shape index (κ1) is 18.3. The molecule has 1 amide bonds. The SMILES string of the molecule is O=C(Nc1ccc(N2CCOCC2)cn1)c1cnn2c(-c3ccccc3)ccnc12. The van der Waals surface area contributed by atoms with Crippen LogP contribution in [-0.2, 0) is 4.74 Å². The third-order valence-corrected chi connectivity index (χ3v) is 5.08. The van der Waals surface area contributed by atoms with E-state index in [4.69, 9.17) is 4.74 Å². The Balaban J connectivity index is 1.38. The Labute approximate surface area is 173 Å². The van der Waals surface area contributed by atoms with Crippen molar-refractivity contribution in [1.29, 1.82) is 0 Å². The summed E-state index contributed by atoms with van der Waals surface area (Å²) in [5, 5.41) is 7.23. The molecule has 1 fully saturated rings. The molecule has 4 aromatic rings. The van der Waals surface area contributed by atoms with Gasteiger partial charge in [0, 0.05) is 24.8 Å². The number of fused-ring (bicyclic) bond motifs is 1. The quantitative estimate of drug-likeness (QED) is 0.567. The highest BCUT2D eigenvalue weighted by atomic mass is 16.5. The van der Waals surface area contributed by atoms with Gasteiger partial charge in [0.05, 0.1) is 37.0 Å². The van der Waals surface area contributed by atoms with Crippen molar-refractivity contribution in [1.82, 2.24) is 19.6 Å². The van der Waals surface area contributed by atoms with Gasteiger partial charge in [0.1, 0.15) is 11.4 Å². The first-order valence-electron chi connectivity index (χ1n) is 9.78. The van der Waals surface area contributed by atoms with Crippen LogP contribution in [-0.4, -0.2) is 51.8 Å². The van der Waals surface area contributed by atoms with E-state index in [1.54, 1.807) is 23.0 Å². The lowest BCUT2D eigenvalue weighted by Crippen LogP contribution is -2.36. The van der Waals surface area contributed by atoms with Crippen LogP contribution in [0.2, 0.25) is 0 Å². The molecule has 8 nitrogen and oxygen atoms in total. The summed E-state index contributed by atoms with van der Waals surface area (Å²) in [7, 11) is 0. The average Bonchev–Trinajstić information content (AvgIpc) is 3.25. The number of nitrogens with one attached hydrogen (secondary N) is 1. The van der Waals surface area contributed by atoms with Crippen LogP contribution in [0.15, 0.2) is 67.1 Å². The van der Waals surface area contributed by atoms with Gasteiger partial charge in [0.2, 0.25) is 0 Å². The minimum Gasteiger partial charge on any atom is -0.378 e.